The number of nitrogens with zero attached hydrogens (tertiary/aromatic N) is 2. The van der Waals surface area contributed by atoms with E-state index < -0.39 is 11.7 Å². The summed E-state index contributed by atoms with van der Waals surface area (Å²) in [6.07, 6.45) is 6.81. The minimum atomic E-state index is -0.618. The molecule has 3 rings (SSSR count). The molecule has 0 radical (unpaired) electrons. The average Bonchev–Trinajstić information content (AvgIpc) is 2.77. The van der Waals surface area contributed by atoms with E-state index in [-0.39, 0.29) is 11.3 Å². The molecule has 1 aromatic heterocycles. The number of terminal acetylenes is 1. The number of imidazole rings is 1. The molecule has 0 spiro atoms. The second kappa shape index (κ2) is 4.38. The van der Waals surface area contributed by atoms with Crippen LogP contribution in [0.1, 0.15) is 16.1 Å². The van der Waals surface area contributed by atoms with Crippen LogP contribution in [0.2, 0.25) is 0 Å². The van der Waals surface area contributed by atoms with Crippen LogP contribution in [0.25, 0.3) is 11.4 Å². The monoisotopic (exact) mass is 271 g/mol. The van der Waals surface area contributed by atoms with E-state index in [4.69, 9.17) is 16.9 Å². The summed E-state index contributed by atoms with van der Waals surface area (Å²) in [6, 6.07) is 2.72. The summed E-state index contributed by atoms with van der Waals surface area (Å²) in [6.45, 7) is 0.820. The molecule has 0 saturated carbocycles. The lowest BCUT2D eigenvalue weighted by molar-refractivity contribution is 0.0996. The van der Waals surface area contributed by atoms with Crippen molar-refractivity contribution in [3.63, 3.8) is 0 Å². The Bertz CT molecular complexity index is 759. The van der Waals surface area contributed by atoms with Gasteiger partial charge in [-0.2, -0.15) is 0 Å². The van der Waals surface area contributed by atoms with E-state index in [2.05, 4.69) is 10.9 Å². The Kier molecular flexibility index (Phi) is 2.68. The fourth-order valence-corrected chi connectivity index (χ4v) is 2.13. The van der Waals surface area contributed by atoms with Crippen molar-refractivity contribution in [3.05, 3.63) is 35.4 Å². The summed E-state index contributed by atoms with van der Waals surface area (Å²) in [5.41, 5.74) is 6.04. The van der Waals surface area contributed by atoms with Crippen LogP contribution in [0, 0.1) is 18.2 Å². The van der Waals surface area contributed by atoms with Gasteiger partial charge in [0.05, 0.1) is 17.7 Å². The minimum Gasteiger partial charge on any atom is -0.491 e. The van der Waals surface area contributed by atoms with Gasteiger partial charge in [-0.15, -0.1) is 6.42 Å². The molecule has 100 valence electrons. The molecule has 0 atom stereocenters. The topological polar surface area (TPSA) is 70.1 Å². The predicted molar refractivity (Wildman–Crippen MR) is 69.6 cm³/mol. The maximum atomic E-state index is 13.7. The van der Waals surface area contributed by atoms with E-state index in [1.54, 1.807) is 10.8 Å². The van der Waals surface area contributed by atoms with Gasteiger partial charge in [-0.25, -0.2) is 9.37 Å². The molecule has 2 N–H and O–H groups in total. The first-order chi connectivity index (χ1) is 9.60. The zero-order valence-corrected chi connectivity index (χ0v) is 10.4. The molecular formula is C14H10FN3O2. The van der Waals surface area contributed by atoms with Crippen LogP contribution in [-0.2, 0) is 6.54 Å². The van der Waals surface area contributed by atoms with Crippen molar-refractivity contribution in [2.24, 2.45) is 5.73 Å². The lowest BCUT2D eigenvalue weighted by atomic mass is 10.1. The van der Waals surface area contributed by atoms with Crippen LogP contribution < -0.4 is 10.5 Å². The molecule has 1 amide bonds. The molecule has 0 saturated heterocycles. The Morgan fingerprint density at radius 3 is 3.05 bits per heavy atom. The fourth-order valence-electron chi connectivity index (χ4n) is 2.13. The third-order valence-corrected chi connectivity index (χ3v) is 3.08. The first-order valence-electron chi connectivity index (χ1n) is 5.90. The quantitative estimate of drug-likeness (QED) is 0.791. The van der Waals surface area contributed by atoms with Gasteiger partial charge in [0, 0.05) is 12.3 Å². The predicted octanol–water partition coefficient (Wildman–Crippen LogP) is 1.16. The highest BCUT2D eigenvalue weighted by Crippen LogP contribution is 2.33. The number of halogens is 1. The molecule has 20 heavy (non-hydrogen) atoms. The smallest absolute Gasteiger partial charge is 0.268 e. The Hall–Kier alpha value is -2.81. The van der Waals surface area contributed by atoms with E-state index >= 15 is 0 Å². The van der Waals surface area contributed by atoms with Crippen molar-refractivity contribution in [1.29, 1.82) is 0 Å². The van der Waals surface area contributed by atoms with Gasteiger partial charge in [0.15, 0.2) is 0 Å². The number of nitrogens with two attached hydrogens (primary N) is 1. The van der Waals surface area contributed by atoms with Crippen LogP contribution in [0.3, 0.4) is 0 Å². The molecule has 1 aromatic carbocycles. The first kappa shape index (κ1) is 12.2. The van der Waals surface area contributed by atoms with E-state index in [0.29, 0.717) is 30.3 Å². The summed E-state index contributed by atoms with van der Waals surface area (Å²) >= 11 is 0. The molecule has 2 aromatic rings. The maximum absolute atomic E-state index is 13.7. The van der Waals surface area contributed by atoms with Crippen LogP contribution >= 0.6 is 0 Å². The van der Waals surface area contributed by atoms with Crippen molar-refractivity contribution >= 4 is 5.91 Å². The molecule has 0 unspecified atom stereocenters. The number of hydrogen-bond acceptors (Lipinski definition) is 3. The van der Waals surface area contributed by atoms with Crippen LogP contribution in [0.4, 0.5) is 4.39 Å². The van der Waals surface area contributed by atoms with Gasteiger partial charge >= 0.3 is 0 Å². The fraction of sp³-hybridized carbons (Fsp3) is 0.143. The van der Waals surface area contributed by atoms with Crippen LogP contribution in [-0.4, -0.2) is 22.1 Å². The second-order valence-corrected chi connectivity index (χ2v) is 4.33. The Morgan fingerprint density at radius 1 is 1.55 bits per heavy atom. The van der Waals surface area contributed by atoms with Gasteiger partial charge in [0.2, 0.25) is 0 Å². The summed E-state index contributed by atoms with van der Waals surface area (Å²) < 4.78 is 20.9. The van der Waals surface area contributed by atoms with Crippen molar-refractivity contribution < 1.29 is 13.9 Å². The van der Waals surface area contributed by atoms with Gasteiger partial charge in [-0.05, 0) is 6.07 Å². The highest BCUT2D eigenvalue weighted by molar-refractivity contribution is 5.91. The normalized spacial score (nSPS) is 12.6. The number of carbonyl (C=O) groups excluding carboxylic acids is 1. The highest BCUT2D eigenvalue weighted by Gasteiger charge is 2.21. The number of rotatable bonds is 1. The first-order valence-corrected chi connectivity index (χ1v) is 5.90. The lowest BCUT2D eigenvalue weighted by Crippen LogP contribution is -2.11. The van der Waals surface area contributed by atoms with E-state index in [9.17, 15) is 9.18 Å². The van der Waals surface area contributed by atoms with E-state index in [1.165, 1.54) is 12.1 Å². The van der Waals surface area contributed by atoms with E-state index in [0.717, 1.165) is 0 Å². The van der Waals surface area contributed by atoms with Crippen molar-refractivity contribution in [3.8, 4) is 29.5 Å². The van der Waals surface area contributed by atoms with Gasteiger partial charge in [-0.1, -0.05) is 5.92 Å². The average molecular weight is 271 g/mol. The van der Waals surface area contributed by atoms with Gasteiger partial charge in [0.1, 0.15) is 29.7 Å². The largest absolute Gasteiger partial charge is 0.491 e. The number of carbonyl (C=O) groups is 1. The zero-order chi connectivity index (χ0) is 14.3. The Balaban J connectivity index is 2.25. The SMILES string of the molecule is C#Cc1cc2c(cc1F)OCCn1cc(C(N)=O)nc1-2. The Labute approximate surface area is 114 Å². The number of primary amides is 1. The summed E-state index contributed by atoms with van der Waals surface area (Å²) in [4.78, 5) is 15.4. The molecule has 0 aliphatic carbocycles. The number of fused-ring (bicyclic) bond motifs is 3. The third kappa shape index (κ3) is 1.80. The molecule has 0 fully saturated rings. The lowest BCUT2D eigenvalue weighted by Gasteiger charge is -2.07. The maximum Gasteiger partial charge on any atom is 0.268 e. The number of benzene rings is 1. The zero-order valence-electron chi connectivity index (χ0n) is 10.4. The second-order valence-electron chi connectivity index (χ2n) is 4.33. The van der Waals surface area contributed by atoms with Gasteiger partial charge < -0.3 is 15.0 Å². The van der Waals surface area contributed by atoms with Gasteiger partial charge in [-0.3, -0.25) is 4.79 Å². The summed E-state index contributed by atoms with van der Waals surface area (Å²) in [7, 11) is 0. The number of aromatic nitrogens is 2. The van der Waals surface area contributed by atoms with Crippen LogP contribution in [0.15, 0.2) is 18.3 Å². The summed E-state index contributed by atoms with van der Waals surface area (Å²) in [5.74, 6) is 1.96. The standard InChI is InChI=1S/C14H10FN3O2/c1-2-8-5-9-12(6-10(8)15)20-4-3-18-7-11(13(16)19)17-14(9)18/h1,5-7H,3-4H2,(H2,16,19). The third-order valence-electron chi connectivity index (χ3n) is 3.08. The molecular weight excluding hydrogens is 261 g/mol. The van der Waals surface area contributed by atoms with Crippen molar-refractivity contribution in [2.45, 2.75) is 6.54 Å². The minimum absolute atomic E-state index is 0.115. The molecule has 2 heterocycles. The van der Waals surface area contributed by atoms with E-state index in [1.807, 2.05) is 0 Å². The number of ether oxygens (including phenoxy) is 1. The molecule has 6 heteroatoms. The summed E-state index contributed by atoms with van der Waals surface area (Å²) in [5, 5.41) is 0. The number of amides is 1. The molecule has 1 aliphatic heterocycles. The van der Waals surface area contributed by atoms with Crippen LogP contribution in [0.5, 0.6) is 5.75 Å². The Morgan fingerprint density at radius 2 is 2.35 bits per heavy atom. The van der Waals surface area contributed by atoms with Crippen molar-refractivity contribution in [2.75, 3.05) is 6.61 Å². The number of hydrogen-bond donors (Lipinski definition) is 1. The molecule has 1 aliphatic rings. The van der Waals surface area contributed by atoms with Gasteiger partial charge in [0.25, 0.3) is 5.91 Å². The molecule has 0 bridgehead atoms. The molecule has 5 nitrogen and oxygen atoms in total. The van der Waals surface area contributed by atoms with Crippen molar-refractivity contribution in [1.82, 2.24) is 9.55 Å². The highest BCUT2D eigenvalue weighted by atomic mass is 19.1.